The van der Waals surface area contributed by atoms with Gasteiger partial charge >= 0.3 is 371 Å². The van der Waals surface area contributed by atoms with Gasteiger partial charge in [0.1, 0.15) is 0 Å². The van der Waals surface area contributed by atoms with Gasteiger partial charge in [-0.25, -0.2) is 0 Å². The largest absolute Gasteiger partial charge is 0.199 e. The SMILES string of the molecule is CC(C)(C)c1cc(C[S]2=[Ti]=[S@@](Cc3cc(C(C)(C)C)cc(-c4cc(C(F)(F)F)cc(C(F)(F)F)c4)c3O)C3CCCCCC[C@@H]32)c(O)c(-c2cc(C(F)(F)F)cc(C(F)(F)F)c2)c1.[CH2-]c1ccccc1.[CH2-]c1ccccc1. The van der Waals surface area contributed by atoms with E-state index in [0.29, 0.717) is 58.0 Å². The van der Waals surface area contributed by atoms with E-state index in [2.05, 4.69) is 13.8 Å². The Labute approximate surface area is 453 Å². The number of alkyl halides is 12. The van der Waals surface area contributed by atoms with Crippen molar-refractivity contribution in [2.45, 2.75) is 138 Å². The van der Waals surface area contributed by atoms with Crippen LogP contribution in [0.4, 0.5) is 52.7 Å². The zero-order valence-electron chi connectivity index (χ0n) is 43.5. The van der Waals surface area contributed by atoms with Crippen LogP contribution in [0.1, 0.15) is 136 Å². The van der Waals surface area contributed by atoms with Crippen LogP contribution in [0.15, 0.2) is 121 Å². The molecule has 17 heteroatoms. The predicted molar refractivity (Wildman–Crippen MR) is 284 cm³/mol. The van der Waals surface area contributed by atoms with Crippen LogP contribution in [-0.2, 0) is 62.5 Å². The molecule has 0 spiro atoms. The first-order valence-corrected chi connectivity index (χ1v) is 31.6. The van der Waals surface area contributed by atoms with Crippen molar-refractivity contribution in [3.8, 4) is 33.8 Å². The summed E-state index contributed by atoms with van der Waals surface area (Å²) < 4.78 is 168. The average molecular weight is 1160 g/mol. The second-order valence-electron chi connectivity index (χ2n) is 21.4. The van der Waals surface area contributed by atoms with E-state index in [9.17, 15) is 62.9 Å². The summed E-state index contributed by atoms with van der Waals surface area (Å²) in [7, 11) is -0.750. The van der Waals surface area contributed by atoms with Crippen LogP contribution >= 0.6 is 15.9 Å². The Balaban J connectivity index is 0.000000592. The van der Waals surface area contributed by atoms with Gasteiger partial charge in [0.05, 0.1) is 0 Å². The minimum absolute atomic E-state index is 0.0488. The van der Waals surface area contributed by atoms with E-state index in [0.717, 1.165) is 49.7 Å². The van der Waals surface area contributed by atoms with Gasteiger partial charge < -0.3 is 0 Å². The van der Waals surface area contributed by atoms with Crippen LogP contribution < -0.4 is 0 Å². The smallest absolute Gasteiger partial charge is 0.0866 e. The van der Waals surface area contributed by atoms with Crippen molar-refractivity contribution < 1.29 is 78.4 Å². The maximum absolute atomic E-state index is 14.0. The van der Waals surface area contributed by atoms with Crippen molar-refractivity contribution in [3.63, 3.8) is 0 Å². The summed E-state index contributed by atoms with van der Waals surface area (Å²) in [6.07, 6.45) is -14.9. The number of phenolic OH excluding ortho intramolecular Hbond substituents is 2. The number of rotatable bonds is 6. The Bertz CT molecular complexity index is 2820. The fraction of sp³-hybridized carbons (Fsp3) is 0.367. The molecule has 0 radical (unpaired) electrons. The van der Waals surface area contributed by atoms with E-state index in [4.69, 9.17) is 0 Å². The third-order valence-electron chi connectivity index (χ3n) is 13.3. The molecule has 0 saturated heterocycles. The Hall–Kier alpha value is -4.77. The fourth-order valence-electron chi connectivity index (χ4n) is 9.03. The third kappa shape index (κ3) is 16.4. The number of fused-ring (bicyclic) bond motifs is 1. The number of halogens is 12. The predicted octanol–water partition coefficient (Wildman–Crippen LogP) is 20.1. The molecule has 0 amide bonds. The van der Waals surface area contributed by atoms with E-state index in [1.54, 1.807) is 12.1 Å². The Morgan fingerprint density at radius 3 is 0.974 bits per heavy atom. The molecule has 2 unspecified atom stereocenters. The molecular weight excluding hydrogens is 1090 g/mol. The van der Waals surface area contributed by atoms with Gasteiger partial charge in [0.15, 0.2) is 0 Å². The third-order valence-corrected chi connectivity index (χ3v) is 29.2. The number of hydrogen-bond acceptors (Lipinski definition) is 2. The quantitative estimate of drug-likeness (QED) is 0.0991. The van der Waals surface area contributed by atoms with E-state index in [-0.39, 0.29) is 49.7 Å². The summed E-state index contributed by atoms with van der Waals surface area (Å²) in [6.45, 7) is 18.5. The summed E-state index contributed by atoms with van der Waals surface area (Å²) in [6, 6.07) is 28.7. The molecule has 4 atom stereocenters. The monoisotopic (exact) mass is 1150 g/mol. The van der Waals surface area contributed by atoms with Gasteiger partial charge in [-0.05, 0) is 0 Å². The second kappa shape index (κ2) is 24.3. The second-order valence-corrected chi connectivity index (χ2v) is 32.8. The van der Waals surface area contributed by atoms with Crippen LogP contribution in [0, 0.1) is 13.8 Å². The molecule has 8 rings (SSSR count). The number of hydrogen-bond donors (Lipinski definition) is 2. The first kappa shape index (κ1) is 61.4. The summed E-state index contributed by atoms with van der Waals surface area (Å²) in [5, 5.41) is 24.1. The van der Waals surface area contributed by atoms with E-state index in [1.165, 1.54) is 12.1 Å². The fourth-order valence-corrected chi connectivity index (χ4v) is 29.9. The standard InChI is InChI=1S/C46H48F12O2S2.2C7H7.Ti/c1-41(2,3)29-17-27(39(59)35(21-29)25-13-31(43(47,48)49)19-32(14-25)44(50,51)52)23-61-37-11-9-7-8-10-12-38(37)62-24-28-18-30(42(4,5)6)22-36(40(28)60)26-15-33(45(53,54)55)20-34(16-26)46(56,57)58;2*1-7-5-3-2-4-6-7;/h13-22,37-38,59-60H,7-12,23-24H2,1-6H3;2*2-6H,1H2;/q;2*-1;/t37-,38?;;;/m0.../s1. The molecule has 0 aromatic heterocycles. The molecule has 1 aliphatic heterocycles. The van der Waals surface area contributed by atoms with Crippen molar-refractivity contribution in [1.82, 2.24) is 0 Å². The van der Waals surface area contributed by atoms with Gasteiger partial charge in [0.25, 0.3) is 0 Å². The molecule has 1 saturated carbocycles. The van der Waals surface area contributed by atoms with Gasteiger partial charge in [-0.2, -0.15) is 49.2 Å². The molecule has 416 valence electrons. The van der Waals surface area contributed by atoms with Crippen LogP contribution in [0.25, 0.3) is 22.3 Å². The van der Waals surface area contributed by atoms with E-state index < -0.39 is 95.9 Å². The minimum Gasteiger partial charge on any atom is -0.199 e. The van der Waals surface area contributed by atoms with Crippen LogP contribution in [0.3, 0.4) is 0 Å². The maximum atomic E-state index is 14.0. The Kier molecular flexibility index (Phi) is 19.4. The van der Waals surface area contributed by atoms with Gasteiger partial charge in [0.2, 0.25) is 0 Å². The molecule has 2 N–H and O–H groups in total. The van der Waals surface area contributed by atoms with Crippen LogP contribution in [-0.4, -0.2) is 20.7 Å². The first-order chi connectivity index (χ1) is 35.6. The minimum atomic E-state index is -5.10. The van der Waals surface area contributed by atoms with Crippen molar-refractivity contribution in [2.75, 3.05) is 0 Å². The maximum Gasteiger partial charge on any atom is -0.0866 e. The molecule has 2 nitrogen and oxygen atoms in total. The number of aromatic hydroxyl groups is 2. The van der Waals surface area contributed by atoms with Crippen molar-refractivity contribution in [2.24, 2.45) is 0 Å². The molecule has 0 bridgehead atoms. The number of benzene rings is 6. The molecule has 2 aliphatic rings. The molecule has 6 aromatic rings. The topological polar surface area (TPSA) is 40.5 Å². The van der Waals surface area contributed by atoms with E-state index in [1.807, 2.05) is 102 Å². The Morgan fingerprint density at radius 1 is 0.429 bits per heavy atom. The summed E-state index contributed by atoms with van der Waals surface area (Å²) in [5.74, 6) is -0.156. The number of phenols is 2. The van der Waals surface area contributed by atoms with Crippen molar-refractivity contribution in [1.29, 1.82) is 0 Å². The van der Waals surface area contributed by atoms with Gasteiger partial charge in [0, 0.05) is 0 Å². The van der Waals surface area contributed by atoms with Gasteiger partial charge in [-0.3, -0.25) is 0 Å². The molecule has 77 heavy (non-hydrogen) atoms. The summed E-state index contributed by atoms with van der Waals surface area (Å²) in [5.41, 5.74) is -4.24. The normalized spacial score (nSPS) is 18.3. The summed E-state index contributed by atoms with van der Waals surface area (Å²) >= 11 is -0.987. The molecule has 6 aromatic carbocycles. The van der Waals surface area contributed by atoms with Crippen LogP contribution in [0.5, 0.6) is 11.5 Å². The van der Waals surface area contributed by atoms with Crippen molar-refractivity contribution >= 4 is 15.9 Å². The average Bonchev–Trinajstić information content (AvgIpc) is 3.62. The van der Waals surface area contributed by atoms with E-state index >= 15 is 0 Å². The zero-order valence-corrected chi connectivity index (χ0v) is 46.7. The summed E-state index contributed by atoms with van der Waals surface area (Å²) in [4.78, 5) is 0. The van der Waals surface area contributed by atoms with Gasteiger partial charge in [-0.1, -0.05) is 12.1 Å². The molecule has 1 fully saturated rings. The first-order valence-electron chi connectivity index (χ1n) is 24.8. The van der Waals surface area contributed by atoms with Crippen LogP contribution in [0.2, 0.25) is 0 Å². The zero-order chi connectivity index (χ0) is 57.1. The van der Waals surface area contributed by atoms with Gasteiger partial charge in [-0.15, -0.1) is 24.3 Å². The van der Waals surface area contributed by atoms with Crippen molar-refractivity contribution in [3.05, 3.63) is 191 Å². The Morgan fingerprint density at radius 2 is 0.727 bits per heavy atom. The molecule has 1 aliphatic carbocycles. The molecular formula is C60H62F12O2S2Ti-2. The molecule has 1 heterocycles.